The van der Waals surface area contributed by atoms with Crippen LogP contribution in [0.15, 0.2) is 40.7 Å². The average Bonchev–Trinajstić information content (AvgIpc) is 3.10. The van der Waals surface area contributed by atoms with Crippen molar-refractivity contribution in [1.82, 2.24) is 9.80 Å². The van der Waals surface area contributed by atoms with Gasteiger partial charge in [0.15, 0.2) is 0 Å². The fourth-order valence-corrected chi connectivity index (χ4v) is 4.01. The number of nitrogens with zero attached hydrogens (tertiary/aromatic N) is 3. The summed E-state index contributed by atoms with van der Waals surface area (Å²) in [4.78, 5) is 19.3. The first kappa shape index (κ1) is 25.9. The summed E-state index contributed by atoms with van der Waals surface area (Å²) in [6.45, 7) is 6.64. The van der Waals surface area contributed by atoms with Crippen molar-refractivity contribution in [1.29, 1.82) is 0 Å². The van der Waals surface area contributed by atoms with Gasteiger partial charge >= 0.3 is 18.4 Å². The lowest BCUT2D eigenvalue weighted by Crippen LogP contribution is -2.50. The molecule has 0 spiro atoms. The Morgan fingerprint density at radius 1 is 1.03 bits per heavy atom. The zero-order chi connectivity index (χ0) is 25.5. The molecule has 2 heterocycles. The molecule has 0 aliphatic carbocycles. The van der Waals surface area contributed by atoms with Gasteiger partial charge in [-0.2, -0.15) is 26.3 Å². The van der Waals surface area contributed by atoms with Gasteiger partial charge < -0.3 is 9.64 Å². The molecule has 0 bridgehead atoms. The number of carbonyl (C=O) groups is 1. The maximum atomic E-state index is 13.7. The lowest BCUT2D eigenvalue weighted by Gasteiger charge is -2.39. The Balaban J connectivity index is 1.97. The molecule has 2 aliphatic heterocycles. The number of ether oxygens (including phenoxy) is 1. The van der Waals surface area contributed by atoms with Crippen LogP contribution in [-0.4, -0.2) is 52.6 Å². The van der Waals surface area contributed by atoms with Crippen LogP contribution < -0.4 is 0 Å². The van der Waals surface area contributed by atoms with E-state index in [9.17, 15) is 31.1 Å². The molecular formula is C23H27F6N3O2. The van der Waals surface area contributed by atoms with E-state index >= 15 is 0 Å². The first-order valence-electron chi connectivity index (χ1n) is 10.9. The van der Waals surface area contributed by atoms with Gasteiger partial charge in [-0.15, -0.1) is 0 Å². The van der Waals surface area contributed by atoms with E-state index in [-0.39, 0.29) is 43.8 Å². The minimum Gasteiger partial charge on any atom is -0.443 e. The predicted molar refractivity (Wildman–Crippen MR) is 114 cm³/mol. The fourth-order valence-electron chi connectivity index (χ4n) is 4.01. The van der Waals surface area contributed by atoms with Crippen LogP contribution in [0.25, 0.3) is 0 Å². The first-order chi connectivity index (χ1) is 15.6. The summed E-state index contributed by atoms with van der Waals surface area (Å²) in [5.74, 6) is 0. The van der Waals surface area contributed by atoms with E-state index in [1.165, 1.54) is 17.0 Å². The predicted octanol–water partition coefficient (Wildman–Crippen LogP) is 6.16. The van der Waals surface area contributed by atoms with Crippen LogP contribution in [-0.2, 0) is 17.3 Å². The van der Waals surface area contributed by atoms with Gasteiger partial charge in [0.05, 0.1) is 17.0 Å². The summed E-state index contributed by atoms with van der Waals surface area (Å²) in [5.41, 5.74) is -0.243. The molecule has 0 N–H and O–H groups in total. The summed E-state index contributed by atoms with van der Waals surface area (Å²) in [5, 5.41) is 0. The smallest absolute Gasteiger partial charge is 0.429 e. The van der Waals surface area contributed by atoms with Gasteiger partial charge in [-0.3, -0.25) is 9.89 Å². The highest BCUT2D eigenvalue weighted by molar-refractivity contribution is 6.02. The second-order valence-corrected chi connectivity index (χ2v) is 9.16. The quantitative estimate of drug-likeness (QED) is 0.475. The Bertz CT molecular complexity index is 974. The molecule has 0 radical (unpaired) electrons. The number of hydrogen-bond acceptors (Lipinski definition) is 4. The van der Waals surface area contributed by atoms with Crippen molar-refractivity contribution in [2.75, 3.05) is 13.1 Å². The Hall–Kier alpha value is -2.72. The molecule has 1 amide bonds. The number of alkyl halides is 6. The lowest BCUT2D eigenvalue weighted by atomic mass is 10.0. The SMILES string of the molecule is CCC1=NC(C(F)(F)F)N2CCN(C(=O)OC(C)(C)C)C(CCc3ccc(C(F)(F)F)cc3)=C12. The molecule has 0 saturated heterocycles. The van der Waals surface area contributed by atoms with E-state index in [0.29, 0.717) is 11.3 Å². The topological polar surface area (TPSA) is 45.1 Å². The molecule has 1 unspecified atom stereocenters. The molecule has 0 saturated carbocycles. The minimum atomic E-state index is -4.59. The zero-order valence-corrected chi connectivity index (χ0v) is 19.3. The molecule has 0 aromatic heterocycles. The number of fused-ring (bicyclic) bond motifs is 1. The summed E-state index contributed by atoms with van der Waals surface area (Å²) in [6, 6.07) is 4.57. The third-order valence-electron chi connectivity index (χ3n) is 5.47. The molecule has 5 nitrogen and oxygen atoms in total. The number of allylic oxidation sites excluding steroid dienone is 2. The van der Waals surface area contributed by atoms with Gasteiger partial charge in [-0.25, -0.2) is 4.79 Å². The van der Waals surface area contributed by atoms with Gasteiger partial charge in [0, 0.05) is 18.8 Å². The van der Waals surface area contributed by atoms with Crippen molar-refractivity contribution in [3.63, 3.8) is 0 Å². The zero-order valence-electron chi connectivity index (χ0n) is 19.3. The first-order valence-corrected chi connectivity index (χ1v) is 10.9. The van der Waals surface area contributed by atoms with Crippen LogP contribution in [0.5, 0.6) is 0 Å². The molecule has 0 fully saturated rings. The van der Waals surface area contributed by atoms with E-state index in [1.807, 2.05) is 0 Å². The van der Waals surface area contributed by atoms with Crippen LogP contribution in [0.3, 0.4) is 0 Å². The number of aryl methyl sites for hydroxylation is 1. The summed E-state index contributed by atoms with van der Waals surface area (Å²) >= 11 is 0. The number of aliphatic imine (C=N–C) groups is 1. The van der Waals surface area contributed by atoms with Crippen LogP contribution in [0.1, 0.15) is 51.7 Å². The van der Waals surface area contributed by atoms with Crippen molar-refractivity contribution in [2.45, 2.75) is 71.1 Å². The van der Waals surface area contributed by atoms with Crippen molar-refractivity contribution in [3.05, 3.63) is 46.8 Å². The van der Waals surface area contributed by atoms with E-state index in [4.69, 9.17) is 4.74 Å². The second-order valence-electron chi connectivity index (χ2n) is 9.16. The molecular weight excluding hydrogens is 464 g/mol. The van der Waals surface area contributed by atoms with E-state index in [1.54, 1.807) is 27.7 Å². The summed E-state index contributed by atoms with van der Waals surface area (Å²) in [6.07, 6.45) is -11.2. The third-order valence-corrected chi connectivity index (χ3v) is 5.47. The average molecular weight is 491 g/mol. The standard InChI is InChI=1S/C23H27F6N3O2/c1-5-16-18-17(11-8-14-6-9-15(10-7-14)22(24,25)26)31(20(33)34-21(2,3)4)12-13-32(18)19(30-16)23(27,28)29/h6-7,9-10,19H,5,8,11-13H2,1-4H3. The Labute approximate surface area is 194 Å². The van der Waals surface area contributed by atoms with E-state index in [0.717, 1.165) is 17.0 Å². The molecule has 34 heavy (non-hydrogen) atoms. The van der Waals surface area contributed by atoms with Gasteiger partial charge in [-0.05, 0) is 57.7 Å². The summed E-state index contributed by atoms with van der Waals surface area (Å²) < 4.78 is 85.0. The maximum absolute atomic E-state index is 13.7. The van der Waals surface area contributed by atoms with Crippen LogP contribution in [0.4, 0.5) is 31.1 Å². The van der Waals surface area contributed by atoms with Crippen molar-refractivity contribution >= 4 is 11.8 Å². The van der Waals surface area contributed by atoms with Gasteiger partial charge in [0.2, 0.25) is 6.17 Å². The lowest BCUT2D eigenvalue weighted by molar-refractivity contribution is -0.174. The number of benzene rings is 1. The number of hydrogen-bond donors (Lipinski definition) is 0. The number of rotatable bonds is 4. The Morgan fingerprint density at radius 2 is 1.65 bits per heavy atom. The normalized spacial score (nSPS) is 19.4. The van der Waals surface area contributed by atoms with Gasteiger partial charge in [0.1, 0.15) is 5.60 Å². The molecule has 1 aromatic rings. The number of amides is 1. The highest BCUT2D eigenvalue weighted by Crippen LogP contribution is 2.39. The van der Waals surface area contributed by atoms with Crippen LogP contribution >= 0.6 is 0 Å². The monoisotopic (exact) mass is 491 g/mol. The molecule has 2 aliphatic rings. The minimum absolute atomic E-state index is 0.0279. The summed E-state index contributed by atoms with van der Waals surface area (Å²) in [7, 11) is 0. The van der Waals surface area contributed by atoms with Gasteiger partial charge in [-0.1, -0.05) is 19.1 Å². The fraction of sp³-hybridized carbons (Fsp3) is 0.565. The maximum Gasteiger partial charge on any atom is 0.429 e. The second kappa shape index (κ2) is 9.14. The highest BCUT2D eigenvalue weighted by Gasteiger charge is 2.51. The van der Waals surface area contributed by atoms with Gasteiger partial charge in [0.25, 0.3) is 0 Å². The molecule has 1 aromatic carbocycles. The number of halogens is 6. The Morgan fingerprint density at radius 3 is 2.15 bits per heavy atom. The molecule has 3 rings (SSSR count). The largest absolute Gasteiger partial charge is 0.443 e. The third kappa shape index (κ3) is 5.67. The Kier molecular flexibility index (Phi) is 6.96. The number of carbonyl (C=O) groups excluding carboxylic acids is 1. The van der Waals surface area contributed by atoms with Crippen molar-refractivity contribution in [2.24, 2.45) is 4.99 Å². The van der Waals surface area contributed by atoms with Crippen molar-refractivity contribution < 1.29 is 35.9 Å². The molecule has 188 valence electrons. The van der Waals surface area contributed by atoms with E-state index in [2.05, 4.69) is 4.99 Å². The molecule has 1 atom stereocenters. The highest BCUT2D eigenvalue weighted by atomic mass is 19.4. The van der Waals surface area contributed by atoms with Crippen LogP contribution in [0, 0.1) is 0 Å². The van der Waals surface area contributed by atoms with E-state index < -0.39 is 35.8 Å². The van der Waals surface area contributed by atoms with Crippen molar-refractivity contribution in [3.8, 4) is 0 Å². The van der Waals surface area contributed by atoms with Crippen LogP contribution in [0.2, 0.25) is 0 Å². The molecule has 11 heteroatoms.